The molecular formula is C13H20N4. The Kier molecular flexibility index (Phi) is 3.22. The average Bonchev–Trinajstić information content (AvgIpc) is 2.64. The van der Waals surface area contributed by atoms with E-state index in [1.807, 2.05) is 0 Å². The highest BCUT2D eigenvalue weighted by Gasteiger charge is 2.16. The van der Waals surface area contributed by atoms with E-state index in [0.717, 1.165) is 45.0 Å². The molecule has 0 spiro atoms. The third-order valence-electron chi connectivity index (χ3n) is 3.70. The van der Waals surface area contributed by atoms with Crippen molar-refractivity contribution < 1.29 is 0 Å². The summed E-state index contributed by atoms with van der Waals surface area (Å²) >= 11 is 0. The number of rotatable bonds is 1. The van der Waals surface area contributed by atoms with Gasteiger partial charge in [-0.3, -0.25) is 0 Å². The van der Waals surface area contributed by atoms with E-state index in [0.29, 0.717) is 0 Å². The van der Waals surface area contributed by atoms with Crippen LogP contribution in [0.3, 0.4) is 0 Å². The minimum Gasteiger partial charge on any atom is -0.338 e. The third kappa shape index (κ3) is 2.41. The van der Waals surface area contributed by atoms with Gasteiger partial charge in [0.2, 0.25) is 5.95 Å². The number of hydrogen-bond acceptors (Lipinski definition) is 4. The molecule has 1 aromatic heterocycles. The Morgan fingerprint density at radius 2 is 1.88 bits per heavy atom. The van der Waals surface area contributed by atoms with Gasteiger partial charge in [-0.1, -0.05) is 6.42 Å². The summed E-state index contributed by atoms with van der Waals surface area (Å²) < 4.78 is 0. The van der Waals surface area contributed by atoms with Crippen LogP contribution in [0.1, 0.15) is 30.5 Å². The van der Waals surface area contributed by atoms with E-state index in [2.05, 4.69) is 21.4 Å². The molecule has 0 aromatic carbocycles. The zero-order valence-corrected chi connectivity index (χ0v) is 10.3. The van der Waals surface area contributed by atoms with Crippen molar-refractivity contribution >= 4 is 5.95 Å². The molecule has 1 aromatic rings. The predicted molar refractivity (Wildman–Crippen MR) is 68.4 cm³/mol. The van der Waals surface area contributed by atoms with E-state index in [1.54, 1.807) is 0 Å². The maximum absolute atomic E-state index is 4.78. The summed E-state index contributed by atoms with van der Waals surface area (Å²) in [5.41, 5.74) is 2.67. The Hall–Kier alpha value is -1.16. The maximum atomic E-state index is 4.78. The fourth-order valence-corrected chi connectivity index (χ4v) is 2.66. The number of aryl methyl sites for hydroxylation is 2. The largest absolute Gasteiger partial charge is 0.338 e. The summed E-state index contributed by atoms with van der Waals surface area (Å²) in [6.07, 6.45) is 8.27. The van der Waals surface area contributed by atoms with Crippen LogP contribution in [-0.2, 0) is 12.8 Å². The first-order valence-electron chi connectivity index (χ1n) is 6.74. The van der Waals surface area contributed by atoms with Crippen LogP contribution in [0.25, 0.3) is 0 Å². The summed E-state index contributed by atoms with van der Waals surface area (Å²) in [5, 5.41) is 3.36. The summed E-state index contributed by atoms with van der Waals surface area (Å²) in [7, 11) is 0. The Labute approximate surface area is 102 Å². The molecule has 0 amide bonds. The van der Waals surface area contributed by atoms with Gasteiger partial charge in [-0.15, -0.1) is 0 Å². The van der Waals surface area contributed by atoms with E-state index in [4.69, 9.17) is 4.98 Å². The molecule has 1 N–H and O–H groups in total. The van der Waals surface area contributed by atoms with Crippen LogP contribution in [0, 0.1) is 0 Å². The molecular weight excluding hydrogens is 212 g/mol. The topological polar surface area (TPSA) is 41.1 Å². The lowest BCUT2D eigenvalue weighted by Gasteiger charge is -2.27. The molecule has 17 heavy (non-hydrogen) atoms. The van der Waals surface area contributed by atoms with Crippen LogP contribution < -0.4 is 10.2 Å². The van der Waals surface area contributed by atoms with Crippen LogP contribution >= 0.6 is 0 Å². The Morgan fingerprint density at radius 3 is 2.76 bits per heavy atom. The van der Waals surface area contributed by atoms with Gasteiger partial charge < -0.3 is 10.2 Å². The van der Waals surface area contributed by atoms with Crippen molar-refractivity contribution in [3.63, 3.8) is 0 Å². The van der Waals surface area contributed by atoms with Crippen molar-refractivity contribution in [2.24, 2.45) is 0 Å². The van der Waals surface area contributed by atoms with Crippen molar-refractivity contribution in [2.45, 2.75) is 32.1 Å². The molecule has 0 bridgehead atoms. The Morgan fingerprint density at radius 1 is 1.06 bits per heavy atom. The number of aromatic nitrogens is 2. The summed E-state index contributed by atoms with van der Waals surface area (Å²) in [5.74, 6) is 0.937. The van der Waals surface area contributed by atoms with E-state index in [9.17, 15) is 0 Å². The zero-order chi connectivity index (χ0) is 11.5. The highest BCUT2D eigenvalue weighted by Crippen LogP contribution is 2.20. The molecule has 0 saturated carbocycles. The lowest BCUT2D eigenvalue weighted by Crippen LogP contribution is -2.44. The van der Waals surface area contributed by atoms with E-state index < -0.39 is 0 Å². The minimum absolute atomic E-state index is 0.937. The number of fused-ring (bicyclic) bond motifs is 1. The molecule has 1 aliphatic heterocycles. The van der Waals surface area contributed by atoms with Gasteiger partial charge in [0.1, 0.15) is 0 Å². The summed E-state index contributed by atoms with van der Waals surface area (Å²) in [6, 6.07) is 0. The maximum Gasteiger partial charge on any atom is 0.225 e. The minimum atomic E-state index is 0.937. The van der Waals surface area contributed by atoms with Gasteiger partial charge in [0, 0.05) is 38.1 Å². The Balaban J connectivity index is 1.83. The average molecular weight is 232 g/mol. The van der Waals surface area contributed by atoms with Gasteiger partial charge in [0.15, 0.2) is 0 Å². The molecule has 1 aliphatic carbocycles. The lowest BCUT2D eigenvalue weighted by atomic mass is 10.1. The number of hydrogen-bond donors (Lipinski definition) is 1. The molecule has 0 atom stereocenters. The van der Waals surface area contributed by atoms with Crippen molar-refractivity contribution in [1.29, 1.82) is 0 Å². The number of anilines is 1. The van der Waals surface area contributed by atoms with E-state index >= 15 is 0 Å². The molecule has 2 aliphatic rings. The smallest absolute Gasteiger partial charge is 0.225 e. The van der Waals surface area contributed by atoms with Gasteiger partial charge in [-0.25, -0.2) is 9.97 Å². The fraction of sp³-hybridized carbons (Fsp3) is 0.692. The van der Waals surface area contributed by atoms with Crippen molar-refractivity contribution in [2.75, 3.05) is 31.1 Å². The molecule has 3 rings (SSSR count). The molecule has 2 heterocycles. The second-order valence-corrected chi connectivity index (χ2v) is 4.94. The van der Waals surface area contributed by atoms with E-state index in [-0.39, 0.29) is 0 Å². The standard InChI is InChI=1S/C13H20N4/c1-2-4-11-10-15-13(16-12(11)5-3-1)17-8-6-14-7-9-17/h10,14H,1-9H2. The van der Waals surface area contributed by atoms with Gasteiger partial charge in [-0.2, -0.15) is 0 Å². The summed E-state index contributed by atoms with van der Waals surface area (Å²) in [4.78, 5) is 11.6. The summed E-state index contributed by atoms with van der Waals surface area (Å²) in [6.45, 7) is 4.14. The van der Waals surface area contributed by atoms with Crippen molar-refractivity contribution in [3.05, 3.63) is 17.5 Å². The normalized spacial score (nSPS) is 20.8. The van der Waals surface area contributed by atoms with Crippen molar-refractivity contribution in [1.82, 2.24) is 15.3 Å². The van der Waals surface area contributed by atoms with E-state index in [1.165, 1.54) is 30.5 Å². The van der Waals surface area contributed by atoms with Gasteiger partial charge >= 0.3 is 0 Å². The first-order valence-corrected chi connectivity index (χ1v) is 6.74. The van der Waals surface area contributed by atoms with Crippen LogP contribution in [0.15, 0.2) is 6.20 Å². The first-order chi connectivity index (χ1) is 8.43. The molecule has 4 nitrogen and oxygen atoms in total. The molecule has 0 radical (unpaired) electrons. The highest BCUT2D eigenvalue weighted by molar-refractivity contribution is 5.34. The van der Waals surface area contributed by atoms with Crippen molar-refractivity contribution in [3.8, 4) is 0 Å². The first kappa shape index (κ1) is 11.0. The van der Waals surface area contributed by atoms with Crippen LogP contribution in [0.4, 0.5) is 5.95 Å². The SMILES string of the molecule is c1nc(N2CCNCC2)nc2c1CCCCC2. The molecule has 4 heteroatoms. The molecule has 0 unspecified atom stereocenters. The quantitative estimate of drug-likeness (QED) is 0.738. The number of nitrogens with one attached hydrogen (secondary N) is 1. The third-order valence-corrected chi connectivity index (χ3v) is 3.70. The van der Waals surface area contributed by atoms with Crippen LogP contribution in [-0.4, -0.2) is 36.1 Å². The van der Waals surface area contributed by atoms with Crippen LogP contribution in [0.2, 0.25) is 0 Å². The van der Waals surface area contributed by atoms with Gasteiger partial charge in [-0.05, 0) is 31.2 Å². The molecule has 1 saturated heterocycles. The second-order valence-electron chi connectivity index (χ2n) is 4.94. The molecule has 1 fully saturated rings. The monoisotopic (exact) mass is 232 g/mol. The van der Waals surface area contributed by atoms with Gasteiger partial charge in [0.25, 0.3) is 0 Å². The highest BCUT2D eigenvalue weighted by atomic mass is 15.3. The second kappa shape index (κ2) is 5.00. The predicted octanol–water partition coefficient (Wildman–Crippen LogP) is 1.16. The molecule has 92 valence electrons. The van der Waals surface area contributed by atoms with Crippen LogP contribution in [0.5, 0.6) is 0 Å². The van der Waals surface area contributed by atoms with Gasteiger partial charge in [0.05, 0.1) is 0 Å². The lowest BCUT2D eigenvalue weighted by molar-refractivity contribution is 0.578. The Bertz CT molecular complexity index is 385. The fourth-order valence-electron chi connectivity index (χ4n) is 2.66. The number of nitrogens with zero attached hydrogens (tertiary/aromatic N) is 3. The zero-order valence-electron chi connectivity index (χ0n) is 10.3. The number of piperazine rings is 1.